The maximum Gasteiger partial charge on any atom is 0.434 e. The third-order valence-electron chi connectivity index (χ3n) is 7.80. The molecule has 0 radical (unpaired) electrons. The fourth-order valence-electron chi connectivity index (χ4n) is 5.87. The number of rotatable bonds is 8. The molecule has 5 rings (SSSR count). The van der Waals surface area contributed by atoms with Gasteiger partial charge in [0.1, 0.15) is 5.82 Å². The Kier molecular flexibility index (Phi) is 8.94. The van der Waals surface area contributed by atoms with Crippen molar-refractivity contribution in [3.63, 3.8) is 0 Å². The van der Waals surface area contributed by atoms with Gasteiger partial charge in [-0.2, -0.15) is 13.2 Å². The van der Waals surface area contributed by atoms with Gasteiger partial charge in [0.25, 0.3) is 6.01 Å². The summed E-state index contributed by atoms with van der Waals surface area (Å²) < 4.78 is 49.7. The molecular formula is C29H35F3N6O3. The van der Waals surface area contributed by atoms with Gasteiger partial charge in [-0.15, -0.1) is 0 Å². The Hall–Kier alpha value is -3.83. The van der Waals surface area contributed by atoms with Crippen LogP contribution in [0.25, 0.3) is 11.3 Å². The predicted molar refractivity (Wildman–Crippen MR) is 149 cm³/mol. The number of nitrogens with one attached hydrogen (secondary N) is 2. The van der Waals surface area contributed by atoms with Crippen molar-refractivity contribution >= 4 is 23.6 Å². The summed E-state index contributed by atoms with van der Waals surface area (Å²) in [6.07, 6.45) is 6.18. The van der Waals surface area contributed by atoms with Gasteiger partial charge in [0.15, 0.2) is 11.5 Å². The first kappa shape index (κ1) is 28.7. The molecule has 0 spiro atoms. The minimum absolute atomic E-state index is 0.216. The van der Waals surface area contributed by atoms with Crippen molar-refractivity contribution in [2.75, 3.05) is 35.2 Å². The highest BCUT2D eigenvalue weighted by Crippen LogP contribution is 2.36. The van der Waals surface area contributed by atoms with Crippen LogP contribution in [0.15, 0.2) is 47.3 Å². The van der Waals surface area contributed by atoms with E-state index < -0.39 is 18.0 Å². The second-order valence-corrected chi connectivity index (χ2v) is 10.7. The molecule has 1 amide bonds. The first-order chi connectivity index (χ1) is 19.8. The van der Waals surface area contributed by atoms with Gasteiger partial charge in [-0.05, 0) is 63.0 Å². The van der Waals surface area contributed by atoms with Crippen LogP contribution in [0, 0.1) is 11.8 Å². The molecule has 41 heavy (non-hydrogen) atoms. The van der Waals surface area contributed by atoms with E-state index in [1.54, 1.807) is 25.3 Å². The van der Waals surface area contributed by atoms with Gasteiger partial charge < -0.3 is 19.4 Å². The van der Waals surface area contributed by atoms with Crippen LogP contribution in [0.1, 0.15) is 57.6 Å². The van der Waals surface area contributed by atoms with Crippen LogP contribution in [0.5, 0.6) is 0 Å². The van der Waals surface area contributed by atoms with Crippen molar-refractivity contribution in [3.05, 3.63) is 48.5 Å². The zero-order valence-corrected chi connectivity index (χ0v) is 23.0. The highest BCUT2D eigenvalue weighted by molar-refractivity contribution is 5.85. The van der Waals surface area contributed by atoms with Crippen molar-refractivity contribution in [1.82, 2.24) is 15.0 Å². The van der Waals surface area contributed by atoms with Crippen LogP contribution >= 0.6 is 0 Å². The molecule has 9 nitrogen and oxygen atoms in total. The maximum absolute atomic E-state index is 12.9. The van der Waals surface area contributed by atoms with Crippen LogP contribution in [0.2, 0.25) is 0 Å². The summed E-state index contributed by atoms with van der Waals surface area (Å²) in [4.78, 5) is 25.9. The maximum atomic E-state index is 12.9. The van der Waals surface area contributed by atoms with E-state index in [2.05, 4.69) is 30.5 Å². The first-order valence-electron chi connectivity index (χ1n) is 14.2. The van der Waals surface area contributed by atoms with E-state index in [1.807, 2.05) is 12.1 Å². The number of benzene rings is 1. The summed E-state index contributed by atoms with van der Waals surface area (Å²) in [7, 11) is 0. The van der Waals surface area contributed by atoms with E-state index in [-0.39, 0.29) is 12.6 Å². The second kappa shape index (κ2) is 12.8. The Morgan fingerprint density at radius 1 is 1.10 bits per heavy atom. The molecule has 1 saturated heterocycles. The minimum Gasteiger partial charge on any atom is -0.450 e. The van der Waals surface area contributed by atoms with Gasteiger partial charge in [0.2, 0.25) is 0 Å². The Labute approximate surface area is 236 Å². The third kappa shape index (κ3) is 7.47. The standard InChI is InChI=1S/C29H35F3N6O3/c1-2-40-28(39)36-22-10-5-9-21(14-22)24-15-35-27(41-24)37-23-11-4-3-8-20(23)13-19-7-6-12-38(18-19)26-17-33-25(16-34-26)29(30,31)32/h5,9-10,14-17,19-20,23H,2-4,6-8,11-13,18H2,1H3,(H,35,37)(H,36,39)/t19-,20+,23-/m1/s1. The number of oxazole rings is 1. The first-order valence-corrected chi connectivity index (χ1v) is 14.2. The number of alkyl halides is 3. The van der Waals surface area contributed by atoms with Crippen LogP contribution in [-0.4, -0.2) is 46.8 Å². The summed E-state index contributed by atoms with van der Waals surface area (Å²) in [5, 5.41) is 6.22. The van der Waals surface area contributed by atoms with Crippen LogP contribution in [0.3, 0.4) is 0 Å². The van der Waals surface area contributed by atoms with Crippen molar-refractivity contribution in [2.24, 2.45) is 11.8 Å². The Morgan fingerprint density at radius 3 is 2.73 bits per heavy atom. The highest BCUT2D eigenvalue weighted by atomic mass is 19.4. The second-order valence-electron chi connectivity index (χ2n) is 10.7. The lowest BCUT2D eigenvalue weighted by atomic mass is 9.77. The fourth-order valence-corrected chi connectivity index (χ4v) is 5.87. The van der Waals surface area contributed by atoms with Crippen molar-refractivity contribution < 1.29 is 27.1 Å². The van der Waals surface area contributed by atoms with Gasteiger partial charge in [-0.25, -0.2) is 19.7 Å². The lowest BCUT2D eigenvalue weighted by Gasteiger charge is -2.38. The largest absolute Gasteiger partial charge is 0.450 e. The molecular weight excluding hydrogens is 537 g/mol. The third-order valence-corrected chi connectivity index (χ3v) is 7.80. The molecule has 0 unspecified atom stereocenters. The summed E-state index contributed by atoms with van der Waals surface area (Å²) in [5.41, 5.74) is 0.415. The van der Waals surface area contributed by atoms with Gasteiger partial charge >= 0.3 is 12.3 Å². The normalized spacial score (nSPS) is 21.4. The molecule has 3 aromatic rings. The van der Waals surface area contributed by atoms with Gasteiger partial charge in [-0.3, -0.25) is 5.32 Å². The average molecular weight is 573 g/mol. The number of hydrogen-bond acceptors (Lipinski definition) is 8. The van der Waals surface area contributed by atoms with Crippen molar-refractivity contribution in [2.45, 2.75) is 64.1 Å². The fraction of sp³-hybridized carbons (Fsp3) is 0.517. The van der Waals surface area contributed by atoms with E-state index in [0.717, 1.165) is 63.4 Å². The number of aromatic nitrogens is 3. The Balaban J connectivity index is 1.20. The van der Waals surface area contributed by atoms with Crippen molar-refractivity contribution in [3.8, 4) is 11.3 Å². The number of carbonyl (C=O) groups excluding carboxylic acids is 1. The summed E-state index contributed by atoms with van der Waals surface area (Å²) in [6.45, 7) is 3.55. The summed E-state index contributed by atoms with van der Waals surface area (Å²) in [5.74, 6) is 1.93. The van der Waals surface area contributed by atoms with E-state index in [9.17, 15) is 18.0 Å². The molecule has 1 saturated carbocycles. The lowest BCUT2D eigenvalue weighted by molar-refractivity contribution is -0.141. The van der Waals surface area contributed by atoms with Crippen LogP contribution in [-0.2, 0) is 10.9 Å². The van der Waals surface area contributed by atoms with E-state index in [0.29, 0.717) is 35.1 Å². The van der Waals surface area contributed by atoms with Gasteiger partial charge in [0.05, 0.1) is 25.2 Å². The summed E-state index contributed by atoms with van der Waals surface area (Å²) >= 11 is 0. The molecule has 0 bridgehead atoms. The van der Waals surface area contributed by atoms with Crippen LogP contribution < -0.4 is 15.5 Å². The number of nitrogens with zero attached hydrogens (tertiary/aromatic N) is 4. The molecule has 2 N–H and O–H groups in total. The predicted octanol–water partition coefficient (Wildman–Crippen LogP) is 7.00. The minimum atomic E-state index is -4.49. The number of carbonyl (C=O) groups is 1. The zero-order valence-electron chi connectivity index (χ0n) is 23.0. The number of ether oxygens (including phenoxy) is 1. The van der Waals surface area contributed by atoms with E-state index in [1.165, 1.54) is 12.6 Å². The number of halogens is 3. The van der Waals surface area contributed by atoms with Crippen LogP contribution in [0.4, 0.5) is 35.5 Å². The SMILES string of the molecule is CCOC(=O)Nc1cccc(-c2cnc(N[C@@H]3CCCC[C@H]3C[C@H]3CCCN(c4cnc(C(F)(F)F)cn4)C3)o2)c1. The highest BCUT2D eigenvalue weighted by Gasteiger charge is 2.34. The monoisotopic (exact) mass is 572 g/mol. The quantitative estimate of drug-likeness (QED) is 0.297. The lowest BCUT2D eigenvalue weighted by Crippen LogP contribution is -2.40. The van der Waals surface area contributed by atoms with Gasteiger partial charge in [0, 0.05) is 30.4 Å². The van der Waals surface area contributed by atoms with Gasteiger partial charge in [-0.1, -0.05) is 25.0 Å². The molecule has 3 heterocycles. The molecule has 1 aliphatic carbocycles. The Morgan fingerprint density at radius 2 is 1.95 bits per heavy atom. The number of piperidine rings is 1. The average Bonchev–Trinajstić information content (AvgIpc) is 3.43. The van der Waals surface area contributed by atoms with Crippen molar-refractivity contribution in [1.29, 1.82) is 0 Å². The molecule has 3 atom stereocenters. The molecule has 2 aliphatic rings. The smallest absolute Gasteiger partial charge is 0.434 e. The topological polar surface area (TPSA) is 105 Å². The zero-order chi connectivity index (χ0) is 28.8. The van der Waals surface area contributed by atoms with E-state index in [4.69, 9.17) is 9.15 Å². The molecule has 12 heteroatoms. The molecule has 2 fully saturated rings. The Bertz CT molecular complexity index is 1300. The number of hydrogen-bond donors (Lipinski definition) is 2. The molecule has 220 valence electrons. The molecule has 1 aliphatic heterocycles. The summed E-state index contributed by atoms with van der Waals surface area (Å²) in [6, 6.07) is 7.98. The molecule has 1 aromatic carbocycles. The van der Waals surface area contributed by atoms with E-state index >= 15 is 0 Å². The molecule has 2 aromatic heterocycles. The number of amides is 1. The number of anilines is 3.